The van der Waals surface area contributed by atoms with Gasteiger partial charge in [0.1, 0.15) is 17.4 Å². The minimum atomic E-state index is -4.21. The van der Waals surface area contributed by atoms with E-state index in [1.54, 1.807) is 50.2 Å². The van der Waals surface area contributed by atoms with Crippen LogP contribution in [0.4, 0.5) is 5.69 Å². The third-order valence-corrected chi connectivity index (χ3v) is 6.82. The highest BCUT2D eigenvalue weighted by Gasteiger charge is 2.33. The van der Waals surface area contributed by atoms with Crippen molar-refractivity contribution in [3.05, 3.63) is 84.4 Å². The number of benzene rings is 3. The molecule has 35 heavy (non-hydrogen) atoms. The van der Waals surface area contributed by atoms with Gasteiger partial charge in [0, 0.05) is 18.8 Å². The number of nitrogen functional groups attached to an aromatic ring is 1. The van der Waals surface area contributed by atoms with E-state index in [0.29, 0.717) is 35.8 Å². The maximum absolute atomic E-state index is 13.1. The maximum Gasteiger partial charge on any atom is 0.264 e. The normalized spacial score (nSPS) is 11.9. The number of hydrogen-bond acceptors (Lipinski definition) is 6. The van der Waals surface area contributed by atoms with Crippen molar-refractivity contribution in [2.24, 2.45) is 5.92 Å². The first-order chi connectivity index (χ1) is 16.7. The van der Waals surface area contributed by atoms with Gasteiger partial charge in [-0.25, -0.2) is 13.1 Å². The number of para-hydroxylation sites is 1. The molecular weight excluding hydrogens is 466 g/mol. The van der Waals surface area contributed by atoms with Gasteiger partial charge < -0.3 is 15.4 Å². The number of carbonyl (C=O) groups excluding carboxylic acids is 2. The number of rotatable bonds is 10. The maximum atomic E-state index is 13.1. The standard InChI is InChI=1S/C26H29N3O5S/c1-3-29(4-2)26(31)24(18-19-10-12-20(27)13-11-19)25(30)28-35(32,33)23-16-14-22(15-17-23)34-21-8-6-5-7-9-21/h5-17,24H,3-4,18,27H2,1-2H3,(H,28,30). The van der Waals surface area contributed by atoms with Crippen LogP contribution in [-0.2, 0) is 26.0 Å². The molecule has 0 aliphatic heterocycles. The van der Waals surface area contributed by atoms with E-state index in [0.717, 1.165) is 0 Å². The van der Waals surface area contributed by atoms with Crippen molar-refractivity contribution in [2.75, 3.05) is 18.8 Å². The Balaban J connectivity index is 1.79. The molecule has 3 aromatic rings. The first-order valence-electron chi connectivity index (χ1n) is 11.3. The van der Waals surface area contributed by atoms with Gasteiger partial charge in [0.15, 0.2) is 0 Å². The summed E-state index contributed by atoms with van der Waals surface area (Å²) in [7, 11) is -4.21. The van der Waals surface area contributed by atoms with Crippen LogP contribution in [0.25, 0.3) is 0 Å². The summed E-state index contributed by atoms with van der Waals surface area (Å²) in [5.74, 6) is -1.49. The molecule has 3 aromatic carbocycles. The molecule has 0 saturated carbocycles. The van der Waals surface area contributed by atoms with E-state index < -0.39 is 27.8 Å². The molecule has 8 nitrogen and oxygen atoms in total. The molecule has 3 rings (SSSR count). The van der Waals surface area contributed by atoms with Gasteiger partial charge in [0.2, 0.25) is 11.8 Å². The largest absolute Gasteiger partial charge is 0.457 e. The van der Waals surface area contributed by atoms with Crippen LogP contribution < -0.4 is 15.2 Å². The van der Waals surface area contributed by atoms with E-state index in [9.17, 15) is 18.0 Å². The monoisotopic (exact) mass is 495 g/mol. The number of nitrogens with two attached hydrogens (primary N) is 1. The summed E-state index contributed by atoms with van der Waals surface area (Å²) < 4.78 is 33.6. The molecule has 0 saturated heterocycles. The molecule has 0 spiro atoms. The zero-order valence-corrected chi connectivity index (χ0v) is 20.5. The van der Waals surface area contributed by atoms with Gasteiger partial charge in [-0.05, 0) is 74.4 Å². The van der Waals surface area contributed by atoms with Gasteiger partial charge in [0.25, 0.3) is 10.0 Å². The third kappa shape index (κ3) is 6.83. The summed E-state index contributed by atoms with van der Waals surface area (Å²) in [6.07, 6.45) is 0.0425. The second-order valence-electron chi connectivity index (χ2n) is 7.87. The highest BCUT2D eigenvalue weighted by molar-refractivity contribution is 7.90. The fourth-order valence-corrected chi connectivity index (χ4v) is 4.53. The van der Waals surface area contributed by atoms with E-state index >= 15 is 0 Å². The van der Waals surface area contributed by atoms with Gasteiger partial charge in [0.05, 0.1) is 4.90 Å². The molecule has 0 bridgehead atoms. The lowest BCUT2D eigenvalue weighted by molar-refractivity contribution is -0.141. The van der Waals surface area contributed by atoms with Gasteiger partial charge >= 0.3 is 0 Å². The van der Waals surface area contributed by atoms with Gasteiger partial charge in [-0.3, -0.25) is 9.59 Å². The summed E-state index contributed by atoms with van der Waals surface area (Å²) in [6.45, 7) is 4.40. The Kier molecular flexibility index (Phi) is 8.48. The van der Waals surface area contributed by atoms with Gasteiger partial charge in [-0.2, -0.15) is 0 Å². The second kappa shape index (κ2) is 11.5. The minimum absolute atomic E-state index is 0.0425. The summed E-state index contributed by atoms with van der Waals surface area (Å²) >= 11 is 0. The van der Waals surface area contributed by atoms with Crippen molar-refractivity contribution in [1.29, 1.82) is 0 Å². The Labute approximate surface area is 205 Å². The Bertz CT molecular complexity index is 1240. The SMILES string of the molecule is CCN(CC)C(=O)C(Cc1ccc(N)cc1)C(=O)NS(=O)(=O)c1ccc(Oc2ccccc2)cc1. The van der Waals surface area contributed by atoms with E-state index in [4.69, 9.17) is 10.5 Å². The Morgan fingerprint density at radius 2 is 1.46 bits per heavy atom. The van der Waals surface area contributed by atoms with Crippen LogP contribution in [-0.4, -0.2) is 38.2 Å². The molecule has 1 atom stereocenters. The topological polar surface area (TPSA) is 119 Å². The van der Waals surface area contributed by atoms with Crippen molar-refractivity contribution in [1.82, 2.24) is 9.62 Å². The molecule has 0 aromatic heterocycles. The lowest BCUT2D eigenvalue weighted by Crippen LogP contribution is -2.46. The molecule has 0 radical (unpaired) electrons. The summed E-state index contributed by atoms with van der Waals surface area (Å²) in [5.41, 5.74) is 6.97. The van der Waals surface area contributed by atoms with Crippen molar-refractivity contribution in [3.8, 4) is 11.5 Å². The fourth-order valence-electron chi connectivity index (χ4n) is 3.51. The average molecular weight is 496 g/mol. The van der Waals surface area contributed by atoms with E-state index in [-0.39, 0.29) is 11.3 Å². The van der Waals surface area contributed by atoms with Crippen molar-refractivity contribution < 1.29 is 22.7 Å². The Hall–Kier alpha value is -3.85. The van der Waals surface area contributed by atoms with Crippen LogP contribution in [0.5, 0.6) is 11.5 Å². The molecule has 3 N–H and O–H groups in total. The number of nitrogens with one attached hydrogen (secondary N) is 1. The lowest BCUT2D eigenvalue weighted by atomic mass is 9.97. The van der Waals surface area contributed by atoms with Crippen LogP contribution >= 0.6 is 0 Å². The van der Waals surface area contributed by atoms with E-state index in [2.05, 4.69) is 4.72 Å². The molecule has 0 aliphatic carbocycles. The number of ether oxygens (including phenoxy) is 1. The third-order valence-electron chi connectivity index (χ3n) is 5.46. The average Bonchev–Trinajstić information content (AvgIpc) is 2.85. The molecule has 9 heteroatoms. The summed E-state index contributed by atoms with van der Waals surface area (Å²) in [6, 6.07) is 21.5. The molecule has 0 heterocycles. The molecule has 0 fully saturated rings. The van der Waals surface area contributed by atoms with Gasteiger partial charge in [-0.15, -0.1) is 0 Å². The van der Waals surface area contributed by atoms with Crippen LogP contribution in [0.1, 0.15) is 19.4 Å². The number of nitrogens with zero attached hydrogens (tertiary/aromatic N) is 1. The quantitative estimate of drug-likeness (QED) is 0.328. The fraction of sp³-hybridized carbons (Fsp3) is 0.231. The molecule has 184 valence electrons. The number of anilines is 1. The molecular formula is C26H29N3O5S. The predicted octanol–water partition coefficient (Wildman–Crippen LogP) is 3.59. The van der Waals surface area contributed by atoms with Gasteiger partial charge in [-0.1, -0.05) is 30.3 Å². The first-order valence-corrected chi connectivity index (χ1v) is 12.7. The molecule has 1 unspecified atom stereocenters. The predicted molar refractivity (Wildman–Crippen MR) is 134 cm³/mol. The highest BCUT2D eigenvalue weighted by Crippen LogP contribution is 2.23. The highest BCUT2D eigenvalue weighted by atomic mass is 32.2. The second-order valence-corrected chi connectivity index (χ2v) is 9.55. The summed E-state index contributed by atoms with van der Waals surface area (Å²) in [5, 5.41) is 0. The number of amides is 2. The van der Waals surface area contributed by atoms with E-state index in [1.807, 2.05) is 18.2 Å². The minimum Gasteiger partial charge on any atom is -0.457 e. The Morgan fingerprint density at radius 1 is 0.886 bits per heavy atom. The van der Waals surface area contributed by atoms with Crippen LogP contribution in [0, 0.1) is 5.92 Å². The van der Waals surface area contributed by atoms with Crippen molar-refractivity contribution in [2.45, 2.75) is 25.2 Å². The lowest BCUT2D eigenvalue weighted by Gasteiger charge is -2.24. The van der Waals surface area contributed by atoms with Crippen molar-refractivity contribution >= 4 is 27.5 Å². The van der Waals surface area contributed by atoms with Crippen LogP contribution in [0.3, 0.4) is 0 Å². The number of carbonyl (C=O) groups is 2. The zero-order chi connectivity index (χ0) is 25.4. The first kappa shape index (κ1) is 25.8. The van der Waals surface area contributed by atoms with Crippen LogP contribution in [0.15, 0.2) is 83.8 Å². The number of sulfonamides is 1. The zero-order valence-electron chi connectivity index (χ0n) is 19.7. The van der Waals surface area contributed by atoms with E-state index in [1.165, 1.54) is 29.2 Å². The molecule has 0 aliphatic rings. The summed E-state index contributed by atoms with van der Waals surface area (Å²) in [4.78, 5) is 27.6. The smallest absolute Gasteiger partial charge is 0.264 e. The Morgan fingerprint density at radius 3 is 2.03 bits per heavy atom. The van der Waals surface area contributed by atoms with Crippen molar-refractivity contribution in [3.63, 3.8) is 0 Å². The van der Waals surface area contributed by atoms with Crippen LogP contribution in [0.2, 0.25) is 0 Å². The molecule has 2 amide bonds. The number of hydrogen-bond donors (Lipinski definition) is 2.